The molecule has 0 bridgehead atoms. The number of fused-ring (bicyclic) bond motifs is 8. The van der Waals surface area contributed by atoms with Crippen LogP contribution in [-0.2, 0) is 11.8 Å². The predicted octanol–water partition coefficient (Wildman–Crippen LogP) is 15.4. The molecule has 284 valence electrons. The Morgan fingerprint density at radius 1 is 0.586 bits per heavy atom. The van der Waals surface area contributed by atoms with Gasteiger partial charge in [0.2, 0.25) is 0 Å². The van der Waals surface area contributed by atoms with E-state index < -0.39 is 0 Å². The topological polar surface area (TPSA) is 3.24 Å². The molecule has 2 unspecified atom stereocenters. The van der Waals surface area contributed by atoms with Crippen molar-refractivity contribution in [2.75, 3.05) is 4.90 Å². The summed E-state index contributed by atoms with van der Waals surface area (Å²) < 4.78 is 0. The van der Waals surface area contributed by atoms with Crippen LogP contribution in [0.25, 0.3) is 49.4 Å². The van der Waals surface area contributed by atoms with Crippen molar-refractivity contribution >= 4 is 32.8 Å². The first-order valence-electron chi connectivity index (χ1n) is 21.4. The monoisotopic (exact) mass is 749 g/mol. The maximum atomic E-state index is 2.61. The number of hydrogen-bond donors (Lipinski definition) is 0. The lowest BCUT2D eigenvalue weighted by Crippen LogP contribution is -2.29. The van der Waals surface area contributed by atoms with Crippen LogP contribution in [0.4, 0.5) is 5.69 Å². The molecule has 0 aromatic heterocycles. The van der Waals surface area contributed by atoms with Gasteiger partial charge in [-0.1, -0.05) is 185 Å². The standard InChI is InChI=1S/C57H51N/c1-4-5-14-39-15-13-18-45(37-39)44-25-23-41(24-26-44)43-29-33-47(34-30-43)58(46-31-27-42(28-32-46)40-16-7-6-8-17-40)48-35-36-53-54(38-48)57(2,3)56-52-22-12-10-20-50(52)49-19-9-11-21-51(49)55(53)56/h6-13,15-27,29-31,33-38,53-54H,4-5,14,28,32H2,1-3H3. The van der Waals surface area contributed by atoms with E-state index in [4.69, 9.17) is 0 Å². The van der Waals surface area contributed by atoms with Gasteiger partial charge in [-0.2, -0.15) is 0 Å². The highest BCUT2D eigenvalue weighted by molar-refractivity contribution is 6.12. The molecule has 0 spiro atoms. The highest BCUT2D eigenvalue weighted by atomic mass is 15.2. The number of unbranched alkanes of at least 4 members (excludes halogenated alkanes) is 1. The molecule has 1 nitrogen and oxygen atoms in total. The molecule has 2 atom stereocenters. The van der Waals surface area contributed by atoms with Crippen LogP contribution in [0.1, 0.15) is 74.6 Å². The molecular weight excluding hydrogens is 699 g/mol. The summed E-state index contributed by atoms with van der Waals surface area (Å²) in [5.74, 6) is 0.642. The van der Waals surface area contributed by atoms with Crippen LogP contribution in [0.5, 0.6) is 0 Å². The summed E-state index contributed by atoms with van der Waals surface area (Å²) in [6.07, 6.45) is 17.8. The van der Waals surface area contributed by atoms with Crippen molar-refractivity contribution < 1.29 is 0 Å². The minimum absolute atomic E-state index is 0.0561. The van der Waals surface area contributed by atoms with Crippen molar-refractivity contribution in [3.8, 4) is 22.3 Å². The van der Waals surface area contributed by atoms with E-state index in [1.807, 2.05) is 0 Å². The third kappa shape index (κ3) is 6.34. The average Bonchev–Trinajstić information content (AvgIpc) is 3.53. The van der Waals surface area contributed by atoms with Crippen molar-refractivity contribution in [2.45, 2.75) is 64.2 Å². The summed E-state index contributed by atoms with van der Waals surface area (Å²) >= 11 is 0. The number of benzene rings is 7. The largest absolute Gasteiger partial charge is 0.315 e. The highest BCUT2D eigenvalue weighted by Gasteiger charge is 2.47. The molecule has 0 amide bonds. The average molecular weight is 750 g/mol. The molecule has 0 N–H and O–H groups in total. The quantitative estimate of drug-likeness (QED) is 0.133. The Bertz CT molecular complexity index is 2770. The Labute approximate surface area is 344 Å². The van der Waals surface area contributed by atoms with Crippen LogP contribution in [-0.4, -0.2) is 0 Å². The van der Waals surface area contributed by atoms with Crippen LogP contribution in [0.15, 0.2) is 193 Å². The van der Waals surface area contributed by atoms with E-state index in [9.17, 15) is 0 Å². The normalized spacial score (nSPS) is 18.0. The first-order valence-corrected chi connectivity index (χ1v) is 21.4. The van der Waals surface area contributed by atoms with Gasteiger partial charge in [0, 0.05) is 23.0 Å². The zero-order valence-electron chi connectivity index (χ0n) is 34.0. The van der Waals surface area contributed by atoms with Gasteiger partial charge in [-0.05, 0) is 133 Å². The molecule has 10 rings (SSSR count). The van der Waals surface area contributed by atoms with Crippen molar-refractivity contribution in [1.82, 2.24) is 0 Å². The van der Waals surface area contributed by atoms with Gasteiger partial charge in [-0.25, -0.2) is 0 Å². The molecule has 58 heavy (non-hydrogen) atoms. The maximum Gasteiger partial charge on any atom is 0.0458 e. The van der Waals surface area contributed by atoms with Crippen LogP contribution in [0.3, 0.4) is 0 Å². The third-order valence-corrected chi connectivity index (χ3v) is 13.2. The number of nitrogens with zero attached hydrogens (tertiary/aromatic N) is 1. The third-order valence-electron chi connectivity index (χ3n) is 13.2. The number of aryl methyl sites for hydroxylation is 1. The summed E-state index contributed by atoms with van der Waals surface area (Å²) in [5.41, 5.74) is 15.9. The van der Waals surface area contributed by atoms with Gasteiger partial charge in [0.25, 0.3) is 0 Å². The zero-order chi connectivity index (χ0) is 39.2. The van der Waals surface area contributed by atoms with Gasteiger partial charge in [0.05, 0.1) is 0 Å². The Kier molecular flexibility index (Phi) is 9.33. The van der Waals surface area contributed by atoms with E-state index >= 15 is 0 Å². The second kappa shape index (κ2) is 15.0. The summed E-state index contributed by atoms with van der Waals surface area (Å²) in [4.78, 5) is 2.54. The van der Waals surface area contributed by atoms with Gasteiger partial charge in [-0.3, -0.25) is 0 Å². The van der Waals surface area contributed by atoms with Gasteiger partial charge in [0.15, 0.2) is 0 Å². The molecule has 0 fully saturated rings. The van der Waals surface area contributed by atoms with E-state index in [1.54, 1.807) is 0 Å². The molecule has 0 saturated carbocycles. The van der Waals surface area contributed by atoms with Gasteiger partial charge < -0.3 is 4.90 Å². The van der Waals surface area contributed by atoms with E-state index in [-0.39, 0.29) is 5.41 Å². The molecule has 1 heteroatoms. The van der Waals surface area contributed by atoms with E-state index in [0.29, 0.717) is 11.8 Å². The van der Waals surface area contributed by atoms with Crippen LogP contribution >= 0.6 is 0 Å². The smallest absolute Gasteiger partial charge is 0.0458 e. The van der Waals surface area contributed by atoms with Crippen molar-refractivity contribution in [3.05, 3.63) is 216 Å². The van der Waals surface area contributed by atoms with E-state index in [2.05, 4.69) is 208 Å². The molecule has 0 saturated heterocycles. The van der Waals surface area contributed by atoms with Gasteiger partial charge in [-0.15, -0.1) is 0 Å². The zero-order valence-corrected chi connectivity index (χ0v) is 34.0. The second-order valence-electron chi connectivity index (χ2n) is 17.1. The fraction of sp³-hybridized carbons (Fsp3) is 0.193. The number of hydrogen-bond acceptors (Lipinski definition) is 1. The first-order chi connectivity index (χ1) is 28.5. The molecule has 0 radical (unpaired) electrons. The highest BCUT2D eigenvalue weighted by Crippen LogP contribution is 2.58. The number of anilines is 1. The minimum atomic E-state index is -0.0561. The molecule has 0 aliphatic heterocycles. The van der Waals surface area contributed by atoms with E-state index in [1.165, 1.54) is 102 Å². The Morgan fingerprint density at radius 2 is 1.21 bits per heavy atom. The molecule has 3 aliphatic carbocycles. The fourth-order valence-corrected chi connectivity index (χ4v) is 10.3. The number of rotatable bonds is 9. The van der Waals surface area contributed by atoms with Crippen LogP contribution in [0.2, 0.25) is 0 Å². The Morgan fingerprint density at radius 3 is 1.90 bits per heavy atom. The van der Waals surface area contributed by atoms with Crippen LogP contribution in [0, 0.1) is 5.92 Å². The van der Waals surface area contributed by atoms with Gasteiger partial charge >= 0.3 is 0 Å². The SMILES string of the molecule is CCCCc1cccc(-c2ccc(-c3ccc(N(C4=CC5C(C=C4)c4c(c6ccccc6c6ccccc46)C5(C)C)C4=CC=C(c5ccccc5)CC4)cc3)cc2)c1. The maximum absolute atomic E-state index is 2.61. The predicted molar refractivity (Wildman–Crippen MR) is 248 cm³/mol. The number of allylic oxidation sites excluding steroid dienone is 7. The first kappa shape index (κ1) is 36.2. The summed E-state index contributed by atoms with van der Waals surface area (Å²) in [7, 11) is 0. The minimum Gasteiger partial charge on any atom is -0.315 e. The lowest BCUT2D eigenvalue weighted by Gasteiger charge is -2.36. The summed E-state index contributed by atoms with van der Waals surface area (Å²) in [5, 5.41) is 5.51. The Balaban J connectivity index is 1.02. The second-order valence-corrected chi connectivity index (χ2v) is 17.1. The van der Waals surface area contributed by atoms with Crippen molar-refractivity contribution in [3.63, 3.8) is 0 Å². The van der Waals surface area contributed by atoms with Gasteiger partial charge in [0.1, 0.15) is 0 Å². The molecule has 3 aliphatic rings. The molecule has 7 aromatic carbocycles. The van der Waals surface area contributed by atoms with Crippen LogP contribution < -0.4 is 4.90 Å². The fourth-order valence-electron chi connectivity index (χ4n) is 10.3. The molecule has 7 aromatic rings. The lowest BCUT2D eigenvalue weighted by atomic mass is 9.73. The summed E-state index contributed by atoms with van der Waals surface area (Å²) in [6, 6.07) is 56.4. The molecule has 0 heterocycles. The molecular formula is C57H51N. The summed E-state index contributed by atoms with van der Waals surface area (Å²) in [6.45, 7) is 7.22. The van der Waals surface area contributed by atoms with Crippen molar-refractivity contribution in [2.24, 2.45) is 5.92 Å². The lowest BCUT2D eigenvalue weighted by molar-refractivity contribution is 0.394. The van der Waals surface area contributed by atoms with E-state index in [0.717, 1.165) is 19.3 Å². The Hall–Kier alpha value is -6.18. The van der Waals surface area contributed by atoms with Crippen molar-refractivity contribution in [1.29, 1.82) is 0 Å².